The summed E-state index contributed by atoms with van der Waals surface area (Å²) in [5.74, 6) is -0.227. The normalized spacial score (nSPS) is 14.3. The largest absolute Gasteiger partial charge is 0.452 e. The number of benzene rings is 1. The van der Waals surface area contributed by atoms with Gasteiger partial charge >= 0.3 is 5.97 Å². The molecule has 0 fully saturated rings. The van der Waals surface area contributed by atoms with Crippen molar-refractivity contribution in [1.29, 1.82) is 0 Å². The lowest BCUT2D eigenvalue weighted by Crippen LogP contribution is -2.47. The number of anilines is 2. The second-order valence-electron chi connectivity index (χ2n) is 5.69. The number of hydrogen-bond acceptors (Lipinski definition) is 6. The highest BCUT2D eigenvalue weighted by atomic mass is 32.2. The number of nitrogens with zero attached hydrogens (tertiary/aromatic N) is 1. The molecule has 8 heteroatoms. The van der Waals surface area contributed by atoms with Crippen molar-refractivity contribution in [3.8, 4) is 0 Å². The minimum Gasteiger partial charge on any atom is -0.452 e. The molecule has 0 unspecified atom stereocenters. The Kier molecular flexibility index (Phi) is 5.95. The smallest absolute Gasteiger partial charge is 0.316 e. The van der Waals surface area contributed by atoms with Crippen LogP contribution in [0.1, 0.15) is 11.8 Å². The number of fused-ring (bicyclic) bond motifs is 1. The third-order valence-corrected chi connectivity index (χ3v) is 5.75. The summed E-state index contributed by atoms with van der Waals surface area (Å²) >= 11 is 3.08. The average molecular weight is 390 g/mol. The highest BCUT2D eigenvalue weighted by molar-refractivity contribution is 7.99. The number of rotatable bonds is 6. The zero-order chi connectivity index (χ0) is 18.5. The van der Waals surface area contributed by atoms with E-state index in [9.17, 15) is 14.4 Å². The van der Waals surface area contributed by atoms with Gasteiger partial charge < -0.3 is 10.1 Å². The molecule has 3 rings (SSSR count). The average Bonchev–Trinajstić information content (AvgIpc) is 3.13. The molecule has 2 aromatic rings. The van der Waals surface area contributed by atoms with Crippen LogP contribution >= 0.6 is 23.1 Å². The van der Waals surface area contributed by atoms with Crippen molar-refractivity contribution in [3.63, 3.8) is 0 Å². The van der Waals surface area contributed by atoms with Gasteiger partial charge in [0.15, 0.2) is 6.10 Å². The van der Waals surface area contributed by atoms with Gasteiger partial charge in [-0.2, -0.15) is 0 Å². The number of thioether (sulfide) groups is 1. The topological polar surface area (TPSA) is 75.7 Å². The molecule has 0 bridgehead atoms. The Morgan fingerprint density at radius 2 is 2.12 bits per heavy atom. The number of para-hydroxylation sites is 2. The zero-order valence-electron chi connectivity index (χ0n) is 14.1. The molecule has 1 aromatic heterocycles. The van der Waals surface area contributed by atoms with Gasteiger partial charge in [-0.05, 0) is 30.5 Å². The van der Waals surface area contributed by atoms with Crippen molar-refractivity contribution < 1.29 is 19.1 Å². The number of nitrogens with one attached hydrogen (secondary N) is 1. The monoisotopic (exact) mass is 390 g/mol. The molecule has 1 atom stereocenters. The van der Waals surface area contributed by atoms with Crippen molar-refractivity contribution in [3.05, 3.63) is 46.7 Å². The lowest BCUT2D eigenvalue weighted by molar-refractivity contribution is -0.151. The summed E-state index contributed by atoms with van der Waals surface area (Å²) in [6.45, 7) is 1.43. The van der Waals surface area contributed by atoms with E-state index in [0.717, 1.165) is 5.75 Å². The van der Waals surface area contributed by atoms with Gasteiger partial charge in [-0.15, -0.1) is 23.1 Å². The SMILES string of the molecule is C[C@H](OC(=O)CSCc1cccs1)C(=O)N1CC(=O)Nc2ccccc21. The molecule has 0 saturated heterocycles. The van der Waals surface area contributed by atoms with E-state index in [0.29, 0.717) is 11.4 Å². The second-order valence-corrected chi connectivity index (χ2v) is 7.71. The number of carbonyl (C=O) groups is 3. The molecule has 6 nitrogen and oxygen atoms in total. The van der Waals surface area contributed by atoms with Crippen molar-refractivity contribution in [1.82, 2.24) is 0 Å². The molecule has 136 valence electrons. The summed E-state index contributed by atoms with van der Waals surface area (Å²) < 4.78 is 5.26. The molecule has 2 amide bonds. The molecule has 0 spiro atoms. The third-order valence-electron chi connectivity index (χ3n) is 3.74. The van der Waals surface area contributed by atoms with Gasteiger partial charge in [-0.1, -0.05) is 18.2 Å². The van der Waals surface area contributed by atoms with Gasteiger partial charge in [0, 0.05) is 10.6 Å². The molecule has 1 aliphatic rings. The molecule has 26 heavy (non-hydrogen) atoms. The van der Waals surface area contributed by atoms with Crippen LogP contribution in [0.2, 0.25) is 0 Å². The fourth-order valence-electron chi connectivity index (χ4n) is 2.56. The van der Waals surface area contributed by atoms with Gasteiger partial charge in [0.2, 0.25) is 5.91 Å². The maximum Gasteiger partial charge on any atom is 0.316 e. The van der Waals surface area contributed by atoms with E-state index in [1.165, 1.54) is 28.5 Å². The van der Waals surface area contributed by atoms with Crippen molar-refractivity contribution in [2.45, 2.75) is 18.8 Å². The molecular formula is C18H18N2O4S2. The van der Waals surface area contributed by atoms with E-state index in [-0.39, 0.29) is 18.2 Å². The molecular weight excluding hydrogens is 372 g/mol. The van der Waals surface area contributed by atoms with E-state index >= 15 is 0 Å². The number of thiophene rings is 1. The Morgan fingerprint density at radius 1 is 1.31 bits per heavy atom. The van der Waals surface area contributed by atoms with Gasteiger partial charge in [-0.3, -0.25) is 19.3 Å². The van der Waals surface area contributed by atoms with Gasteiger partial charge in [0.1, 0.15) is 6.54 Å². The Morgan fingerprint density at radius 3 is 2.88 bits per heavy atom. The van der Waals surface area contributed by atoms with Crippen LogP contribution in [0.25, 0.3) is 0 Å². The number of hydrogen-bond donors (Lipinski definition) is 1. The van der Waals surface area contributed by atoms with Gasteiger partial charge in [0.05, 0.1) is 17.1 Å². The van der Waals surface area contributed by atoms with Crippen LogP contribution in [0.4, 0.5) is 11.4 Å². The van der Waals surface area contributed by atoms with Crippen LogP contribution in [-0.2, 0) is 24.9 Å². The standard InChI is InChI=1S/C18H18N2O4S2/c1-12(24-17(22)11-25-10-13-5-4-8-26-13)18(23)20-9-16(21)19-14-6-2-3-7-15(14)20/h2-8,12H,9-11H2,1H3,(H,19,21)/t12-/m0/s1. The Hall–Kier alpha value is -2.32. The van der Waals surface area contributed by atoms with E-state index in [4.69, 9.17) is 4.74 Å². The van der Waals surface area contributed by atoms with Crippen LogP contribution in [0.5, 0.6) is 0 Å². The molecule has 1 aliphatic heterocycles. The molecule has 1 N–H and O–H groups in total. The Balaban J connectivity index is 1.56. The summed E-state index contributed by atoms with van der Waals surface area (Å²) in [6, 6.07) is 11.0. The van der Waals surface area contributed by atoms with Crippen molar-refractivity contribution in [2.75, 3.05) is 22.5 Å². The third kappa shape index (κ3) is 4.44. The predicted molar refractivity (Wildman–Crippen MR) is 103 cm³/mol. The van der Waals surface area contributed by atoms with Crippen molar-refractivity contribution >= 4 is 52.3 Å². The first-order valence-electron chi connectivity index (χ1n) is 8.04. The van der Waals surface area contributed by atoms with Crippen LogP contribution in [0, 0.1) is 0 Å². The maximum atomic E-state index is 12.7. The van der Waals surface area contributed by atoms with E-state index < -0.39 is 18.0 Å². The van der Waals surface area contributed by atoms with E-state index in [2.05, 4.69) is 5.32 Å². The number of amides is 2. The first kappa shape index (κ1) is 18.5. The minimum atomic E-state index is -0.955. The summed E-state index contributed by atoms with van der Waals surface area (Å²) in [6.07, 6.45) is -0.955. The first-order chi connectivity index (χ1) is 12.5. The van der Waals surface area contributed by atoms with Crippen LogP contribution < -0.4 is 10.2 Å². The fourth-order valence-corrected chi connectivity index (χ4v) is 4.21. The lowest BCUT2D eigenvalue weighted by Gasteiger charge is -2.30. The molecule has 2 heterocycles. The van der Waals surface area contributed by atoms with Crippen LogP contribution in [0.15, 0.2) is 41.8 Å². The predicted octanol–water partition coefficient (Wildman–Crippen LogP) is 2.90. The molecule has 0 radical (unpaired) electrons. The van der Waals surface area contributed by atoms with Gasteiger partial charge in [0.25, 0.3) is 5.91 Å². The Bertz CT molecular complexity index is 807. The van der Waals surface area contributed by atoms with E-state index in [1.54, 1.807) is 35.6 Å². The number of ether oxygens (including phenoxy) is 1. The van der Waals surface area contributed by atoms with Gasteiger partial charge in [-0.25, -0.2) is 0 Å². The highest BCUT2D eigenvalue weighted by Crippen LogP contribution is 2.29. The quantitative estimate of drug-likeness (QED) is 0.768. The number of esters is 1. The molecule has 0 saturated carbocycles. The number of carbonyl (C=O) groups excluding carboxylic acids is 3. The first-order valence-corrected chi connectivity index (χ1v) is 10.1. The highest BCUT2D eigenvalue weighted by Gasteiger charge is 2.31. The summed E-state index contributed by atoms with van der Waals surface area (Å²) in [5.41, 5.74) is 1.18. The Labute approximate surface area is 159 Å². The van der Waals surface area contributed by atoms with Crippen LogP contribution in [-0.4, -0.2) is 36.2 Å². The lowest BCUT2D eigenvalue weighted by atomic mass is 10.1. The van der Waals surface area contributed by atoms with Crippen molar-refractivity contribution in [2.24, 2.45) is 0 Å². The molecule has 0 aliphatic carbocycles. The summed E-state index contributed by atoms with van der Waals surface area (Å²) in [7, 11) is 0. The molecule has 1 aromatic carbocycles. The van der Waals surface area contributed by atoms with E-state index in [1.807, 2.05) is 17.5 Å². The summed E-state index contributed by atoms with van der Waals surface area (Å²) in [4.78, 5) is 39.0. The fraction of sp³-hybridized carbons (Fsp3) is 0.278. The zero-order valence-corrected chi connectivity index (χ0v) is 15.8. The maximum absolute atomic E-state index is 12.7. The minimum absolute atomic E-state index is 0.0924. The second kappa shape index (κ2) is 8.37. The van der Waals surface area contributed by atoms with Crippen LogP contribution in [0.3, 0.4) is 0 Å². The summed E-state index contributed by atoms with van der Waals surface area (Å²) in [5, 5.41) is 4.71.